The van der Waals surface area contributed by atoms with Crippen molar-refractivity contribution in [2.75, 3.05) is 26.2 Å². The van der Waals surface area contributed by atoms with Crippen molar-refractivity contribution in [2.24, 2.45) is 0 Å². The molecule has 0 saturated heterocycles. The molecule has 0 heterocycles. The number of hydrogen-bond acceptors (Lipinski definition) is 4. The number of ketones is 1. The maximum Gasteiger partial charge on any atom is 0.178 e. The monoisotopic (exact) mass is 365 g/mol. The molecule has 142 valence electrons. The summed E-state index contributed by atoms with van der Waals surface area (Å²) in [5.74, 6) is 0.944. The first-order valence-electron chi connectivity index (χ1n) is 9.25. The number of benzene rings is 2. The Hall–Kier alpha value is -2.85. The van der Waals surface area contributed by atoms with Crippen molar-refractivity contribution in [2.45, 2.75) is 13.8 Å². The van der Waals surface area contributed by atoms with Crippen LogP contribution in [-0.2, 0) is 4.79 Å². The highest BCUT2D eigenvalue weighted by Crippen LogP contribution is 2.14. The molecule has 0 fully saturated rings. The van der Waals surface area contributed by atoms with Gasteiger partial charge in [0.15, 0.2) is 5.78 Å². The fraction of sp³-hybridized carbons (Fsp3) is 0.261. The number of aromatic hydroxyl groups is 1. The van der Waals surface area contributed by atoms with Crippen molar-refractivity contribution < 1.29 is 14.6 Å². The minimum atomic E-state index is -0.0948. The number of rotatable bonds is 10. The van der Waals surface area contributed by atoms with Crippen LogP contribution in [0.3, 0.4) is 0 Å². The van der Waals surface area contributed by atoms with Crippen molar-refractivity contribution in [3.63, 3.8) is 0 Å². The lowest BCUT2D eigenvalue weighted by Gasteiger charge is -2.17. The van der Waals surface area contributed by atoms with Gasteiger partial charge in [0.1, 0.15) is 18.1 Å². The van der Waals surface area contributed by atoms with Gasteiger partial charge in [-0.1, -0.05) is 50.3 Å². The minimum absolute atomic E-state index is 0.0948. The first kappa shape index (κ1) is 20.5. The Labute approximate surface area is 161 Å². The van der Waals surface area contributed by atoms with Gasteiger partial charge >= 0.3 is 0 Å². The van der Waals surface area contributed by atoms with E-state index in [1.54, 1.807) is 36.4 Å². The highest BCUT2D eigenvalue weighted by atomic mass is 16.5. The Bertz CT molecular complexity index is 757. The molecule has 0 aromatic heterocycles. The number of nitrogens with zero attached hydrogens (tertiary/aromatic N) is 1. The molecule has 1 N–H and O–H groups in total. The number of allylic oxidation sites excluding steroid dienone is 2. The lowest BCUT2D eigenvalue weighted by Crippen LogP contribution is -2.27. The molecule has 0 spiro atoms. The van der Waals surface area contributed by atoms with Gasteiger partial charge in [-0.2, -0.15) is 0 Å². The highest BCUT2D eigenvalue weighted by Gasteiger charge is 1.99. The minimum Gasteiger partial charge on any atom is -0.508 e. The third-order valence-electron chi connectivity index (χ3n) is 4.22. The molecule has 0 bridgehead atoms. The fourth-order valence-electron chi connectivity index (χ4n) is 2.51. The van der Waals surface area contributed by atoms with Crippen LogP contribution < -0.4 is 4.74 Å². The van der Waals surface area contributed by atoms with Crippen molar-refractivity contribution in [1.82, 2.24) is 4.90 Å². The zero-order chi connectivity index (χ0) is 19.5. The molecule has 0 aliphatic carbocycles. The largest absolute Gasteiger partial charge is 0.508 e. The lowest BCUT2D eigenvalue weighted by atomic mass is 10.1. The van der Waals surface area contributed by atoms with Crippen LogP contribution in [0, 0.1) is 0 Å². The summed E-state index contributed by atoms with van der Waals surface area (Å²) in [7, 11) is 0. The maximum atomic E-state index is 11.9. The second kappa shape index (κ2) is 11.0. The smallest absolute Gasteiger partial charge is 0.178 e. The van der Waals surface area contributed by atoms with Crippen molar-refractivity contribution in [3.8, 4) is 11.5 Å². The van der Waals surface area contributed by atoms with Crippen LogP contribution in [0.1, 0.15) is 25.0 Å². The van der Waals surface area contributed by atoms with Gasteiger partial charge in [-0.25, -0.2) is 0 Å². The molecule has 27 heavy (non-hydrogen) atoms. The summed E-state index contributed by atoms with van der Waals surface area (Å²) in [6, 6.07) is 14.4. The average Bonchev–Trinajstić information content (AvgIpc) is 2.70. The zero-order valence-corrected chi connectivity index (χ0v) is 16.0. The Balaban J connectivity index is 1.82. The fourth-order valence-corrected chi connectivity index (χ4v) is 2.51. The predicted molar refractivity (Wildman–Crippen MR) is 111 cm³/mol. The molecular weight excluding hydrogens is 338 g/mol. The van der Waals surface area contributed by atoms with Gasteiger partial charge in [0.2, 0.25) is 0 Å². The summed E-state index contributed by atoms with van der Waals surface area (Å²) in [4.78, 5) is 14.2. The van der Waals surface area contributed by atoms with Crippen molar-refractivity contribution >= 4 is 17.9 Å². The molecule has 0 aliphatic rings. The van der Waals surface area contributed by atoms with E-state index in [2.05, 4.69) is 18.7 Å². The number of carbonyl (C=O) groups is 1. The third kappa shape index (κ3) is 7.50. The number of phenolic OH excluding ortho intramolecular Hbond substituents is 1. The van der Waals surface area contributed by atoms with Crippen molar-refractivity contribution in [3.05, 3.63) is 71.8 Å². The van der Waals surface area contributed by atoms with Gasteiger partial charge in [-0.3, -0.25) is 4.79 Å². The summed E-state index contributed by atoms with van der Waals surface area (Å²) in [6.45, 7) is 7.92. The van der Waals surface area contributed by atoms with E-state index in [-0.39, 0.29) is 11.5 Å². The van der Waals surface area contributed by atoms with Crippen LogP contribution >= 0.6 is 0 Å². The third-order valence-corrected chi connectivity index (χ3v) is 4.22. The van der Waals surface area contributed by atoms with Crippen LogP contribution in [0.2, 0.25) is 0 Å². The predicted octanol–water partition coefficient (Wildman–Crippen LogP) is 4.41. The number of phenols is 1. The first-order valence-corrected chi connectivity index (χ1v) is 9.25. The van der Waals surface area contributed by atoms with Gasteiger partial charge in [-0.15, -0.1) is 0 Å². The second-order valence-corrected chi connectivity index (χ2v) is 6.10. The Kier molecular flexibility index (Phi) is 8.33. The Morgan fingerprint density at radius 3 is 1.96 bits per heavy atom. The average molecular weight is 365 g/mol. The van der Waals surface area contributed by atoms with E-state index >= 15 is 0 Å². The highest BCUT2D eigenvalue weighted by molar-refractivity contribution is 6.04. The van der Waals surface area contributed by atoms with Crippen LogP contribution in [0.25, 0.3) is 12.2 Å². The van der Waals surface area contributed by atoms with Gasteiger partial charge in [-0.05, 0) is 60.6 Å². The number of carbonyl (C=O) groups excluding carboxylic acids is 1. The molecule has 2 rings (SSSR count). The van der Waals surface area contributed by atoms with Gasteiger partial charge < -0.3 is 14.7 Å². The van der Waals surface area contributed by atoms with E-state index in [1.165, 1.54) is 12.2 Å². The second-order valence-electron chi connectivity index (χ2n) is 6.10. The molecule has 2 aromatic carbocycles. The van der Waals surface area contributed by atoms with Crippen LogP contribution in [0.15, 0.2) is 60.7 Å². The number of likely N-dealkylation sites (N-methyl/N-ethyl adjacent to an activating group) is 1. The van der Waals surface area contributed by atoms with Gasteiger partial charge in [0, 0.05) is 6.54 Å². The first-order chi connectivity index (χ1) is 13.1. The summed E-state index contributed by atoms with van der Waals surface area (Å²) in [5, 5.41) is 9.25. The van der Waals surface area contributed by atoms with E-state index < -0.39 is 0 Å². The standard InChI is InChI=1S/C23H27NO3/c1-3-24(4-2)17-18-27-23-15-9-20(10-16-23)8-14-22(26)13-7-19-5-11-21(25)12-6-19/h5-16,25H,3-4,17-18H2,1-2H3/b13-7+,14-8+. The van der Waals surface area contributed by atoms with E-state index in [0.29, 0.717) is 6.61 Å². The van der Waals surface area contributed by atoms with Gasteiger partial charge in [0.05, 0.1) is 0 Å². The van der Waals surface area contributed by atoms with Crippen LogP contribution in [0.5, 0.6) is 11.5 Å². The molecule has 4 nitrogen and oxygen atoms in total. The van der Waals surface area contributed by atoms with E-state index in [1.807, 2.05) is 24.3 Å². The van der Waals surface area contributed by atoms with E-state index in [9.17, 15) is 9.90 Å². The topological polar surface area (TPSA) is 49.8 Å². The number of ether oxygens (including phenoxy) is 1. The van der Waals surface area contributed by atoms with Gasteiger partial charge in [0.25, 0.3) is 0 Å². The molecule has 0 aliphatic heterocycles. The molecular formula is C23H27NO3. The zero-order valence-electron chi connectivity index (χ0n) is 16.0. The molecule has 4 heteroatoms. The molecule has 0 radical (unpaired) electrons. The molecule has 0 unspecified atom stereocenters. The van der Waals surface area contributed by atoms with Crippen molar-refractivity contribution in [1.29, 1.82) is 0 Å². The summed E-state index contributed by atoms with van der Waals surface area (Å²) in [5.41, 5.74) is 1.80. The molecule has 2 aromatic rings. The molecule has 0 atom stereocenters. The number of hydrogen-bond donors (Lipinski definition) is 1. The SMILES string of the molecule is CCN(CC)CCOc1ccc(/C=C/C(=O)/C=C/c2ccc(O)cc2)cc1. The summed E-state index contributed by atoms with van der Waals surface area (Å²) >= 11 is 0. The summed E-state index contributed by atoms with van der Waals surface area (Å²) in [6.07, 6.45) is 6.54. The maximum absolute atomic E-state index is 11.9. The van der Waals surface area contributed by atoms with Crippen LogP contribution in [0.4, 0.5) is 0 Å². The van der Waals surface area contributed by atoms with E-state index in [0.717, 1.165) is 36.5 Å². The quantitative estimate of drug-likeness (QED) is 0.634. The van der Waals surface area contributed by atoms with Crippen LogP contribution in [-0.4, -0.2) is 42.0 Å². The Morgan fingerprint density at radius 2 is 1.44 bits per heavy atom. The molecule has 0 amide bonds. The molecule has 0 saturated carbocycles. The van der Waals surface area contributed by atoms with E-state index in [4.69, 9.17) is 4.74 Å². The Morgan fingerprint density at radius 1 is 0.926 bits per heavy atom. The lowest BCUT2D eigenvalue weighted by molar-refractivity contribution is -0.110. The normalized spacial score (nSPS) is 11.5. The summed E-state index contributed by atoms with van der Waals surface area (Å²) < 4.78 is 5.76.